The lowest BCUT2D eigenvalue weighted by Crippen LogP contribution is -2.32. The number of benzene rings is 1. The number of hydrogen-bond acceptors (Lipinski definition) is 1. The van der Waals surface area contributed by atoms with Crippen LogP contribution in [0.25, 0.3) is 0 Å². The average Bonchev–Trinajstić information content (AvgIpc) is 2.23. The third kappa shape index (κ3) is 6.03. The van der Waals surface area contributed by atoms with Crippen molar-refractivity contribution in [2.45, 2.75) is 51.5 Å². The molecular weight excluding hydrogens is 258 g/mol. The molecule has 1 aromatic rings. The summed E-state index contributed by atoms with van der Waals surface area (Å²) >= 11 is 5.97. The van der Waals surface area contributed by atoms with Gasteiger partial charge in [-0.3, -0.25) is 0 Å². The molecule has 102 valence electrons. The Morgan fingerprint density at radius 2 is 1.67 bits per heavy atom. The fourth-order valence-corrected chi connectivity index (χ4v) is 4.14. The summed E-state index contributed by atoms with van der Waals surface area (Å²) in [4.78, 5) is 0. The quantitative estimate of drug-likeness (QED) is 0.742. The van der Waals surface area contributed by atoms with E-state index in [1.807, 2.05) is 12.1 Å². The standard InChI is InChI=1S/C15H26ClNSi/c1-12(2)17-10-14(11-18(3,4)5)13-6-8-15(16)9-7-13/h6-9,12,14,17H,10-11H2,1-5H3. The first kappa shape index (κ1) is 15.7. The number of hydrogen-bond donors (Lipinski definition) is 1. The Hall–Kier alpha value is -0.313. The van der Waals surface area contributed by atoms with Crippen LogP contribution in [0.2, 0.25) is 30.7 Å². The van der Waals surface area contributed by atoms with Crippen molar-refractivity contribution in [3.8, 4) is 0 Å². The maximum Gasteiger partial charge on any atom is 0.0449 e. The van der Waals surface area contributed by atoms with Crippen LogP contribution in [0.3, 0.4) is 0 Å². The predicted molar refractivity (Wildman–Crippen MR) is 85.5 cm³/mol. The average molecular weight is 284 g/mol. The minimum atomic E-state index is -1.06. The van der Waals surface area contributed by atoms with E-state index in [1.54, 1.807) is 0 Å². The molecule has 1 atom stereocenters. The molecule has 0 aromatic heterocycles. The summed E-state index contributed by atoms with van der Waals surface area (Å²) < 4.78 is 0. The summed E-state index contributed by atoms with van der Waals surface area (Å²) in [6.07, 6.45) is 0. The van der Waals surface area contributed by atoms with E-state index in [1.165, 1.54) is 11.6 Å². The van der Waals surface area contributed by atoms with Crippen molar-refractivity contribution in [3.63, 3.8) is 0 Å². The van der Waals surface area contributed by atoms with Gasteiger partial charge < -0.3 is 5.32 Å². The largest absolute Gasteiger partial charge is 0.314 e. The van der Waals surface area contributed by atoms with Crippen LogP contribution in [0.1, 0.15) is 25.3 Å². The van der Waals surface area contributed by atoms with E-state index in [0.29, 0.717) is 12.0 Å². The van der Waals surface area contributed by atoms with Crippen LogP contribution in [0, 0.1) is 0 Å². The Kier molecular flexibility index (Phi) is 5.89. The van der Waals surface area contributed by atoms with Crippen molar-refractivity contribution < 1.29 is 0 Å². The molecule has 18 heavy (non-hydrogen) atoms. The van der Waals surface area contributed by atoms with Gasteiger partial charge in [0.15, 0.2) is 0 Å². The van der Waals surface area contributed by atoms with Crippen LogP contribution in [0.5, 0.6) is 0 Å². The highest BCUT2D eigenvalue weighted by atomic mass is 35.5. The first-order valence-electron chi connectivity index (χ1n) is 6.77. The van der Waals surface area contributed by atoms with Gasteiger partial charge in [0.25, 0.3) is 0 Å². The van der Waals surface area contributed by atoms with E-state index in [4.69, 9.17) is 11.6 Å². The smallest absolute Gasteiger partial charge is 0.0449 e. The van der Waals surface area contributed by atoms with Crippen molar-refractivity contribution in [1.29, 1.82) is 0 Å². The Morgan fingerprint density at radius 1 is 1.11 bits per heavy atom. The monoisotopic (exact) mass is 283 g/mol. The fourth-order valence-electron chi connectivity index (χ4n) is 2.16. The van der Waals surface area contributed by atoms with Crippen LogP contribution in [-0.4, -0.2) is 20.7 Å². The molecule has 1 N–H and O–H groups in total. The molecule has 0 saturated heterocycles. The normalized spacial score (nSPS) is 13.9. The third-order valence-corrected chi connectivity index (χ3v) is 4.94. The second-order valence-corrected chi connectivity index (χ2v) is 12.5. The van der Waals surface area contributed by atoms with Gasteiger partial charge in [-0.2, -0.15) is 0 Å². The molecule has 0 aliphatic rings. The zero-order valence-corrected chi connectivity index (χ0v) is 14.0. The van der Waals surface area contributed by atoms with Gasteiger partial charge in [0.05, 0.1) is 0 Å². The van der Waals surface area contributed by atoms with Crippen LogP contribution in [-0.2, 0) is 0 Å². The topological polar surface area (TPSA) is 12.0 Å². The molecule has 1 aromatic carbocycles. The molecule has 0 bridgehead atoms. The van der Waals surface area contributed by atoms with E-state index in [0.717, 1.165) is 11.6 Å². The minimum Gasteiger partial charge on any atom is -0.314 e. The zero-order chi connectivity index (χ0) is 13.8. The lowest BCUT2D eigenvalue weighted by Gasteiger charge is -2.26. The lowest BCUT2D eigenvalue weighted by atomic mass is 10.0. The van der Waals surface area contributed by atoms with Gasteiger partial charge in [-0.25, -0.2) is 0 Å². The van der Waals surface area contributed by atoms with Gasteiger partial charge in [-0.1, -0.05) is 57.2 Å². The summed E-state index contributed by atoms with van der Waals surface area (Å²) in [5.74, 6) is 0.608. The summed E-state index contributed by atoms with van der Waals surface area (Å²) in [6, 6.07) is 10.2. The second kappa shape index (κ2) is 6.74. The van der Waals surface area contributed by atoms with Crippen LogP contribution >= 0.6 is 11.6 Å². The molecule has 1 unspecified atom stereocenters. The van der Waals surface area contributed by atoms with E-state index >= 15 is 0 Å². The van der Waals surface area contributed by atoms with Gasteiger partial charge in [0.2, 0.25) is 0 Å². The van der Waals surface area contributed by atoms with E-state index in [-0.39, 0.29) is 0 Å². The lowest BCUT2D eigenvalue weighted by molar-refractivity contribution is 0.545. The van der Waals surface area contributed by atoms with Gasteiger partial charge in [0.1, 0.15) is 0 Å². The maximum atomic E-state index is 5.97. The van der Waals surface area contributed by atoms with E-state index in [2.05, 4.69) is 50.9 Å². The van der Waals surface area contributed by atoms with Crippen LogP contribution < -0.4 is 5.32 Å². The fraction of sp³-hybridized carbons (Fsp3) is 0.600. The first-order chi connectivity index (χ1) is 8.28. The molecule has 0 aliphatic carbocycles. The minimum absolute atomic E-state index is 0.543. The van der Waals surface area contributed by atoms with Crippen molar-refractivity contribution >= 4 is 19.7 Å². The van der Waals surface area contributed by atoms with Crippen molar-refractivity contribution in [2.24, 2.45) is 0 Å². The summed E-state index contributed by atoms with van der Waals surface area (Å²) in [5, 5.41) is 4.39. The Balaban J connectivity index is 2.79. The van der Waals surface area contributed by atoms with Gasteiger partial charge in [-0.15, -0.1) is 0 Å². The summed E-state index contributed by atoms with van der Waals surface area (Å²) in [6.45, 7) is 12.8. The number of rotatable bonds is 6. The van der Waals surface area contributed by atoms with Crippen LogP contribution in [0.15, 0.2) is 24.3 Å². The van der Waals surface area contributed by atoms with Gasteiger partial charge >= 0.3 is 0 Å². The van der Waals surface area contributed by atoms with Gasteiger partial charge in [-0.05, 0) is 29.7 Å². The first-order valence-corrected chi connectivity index (χ1v) is 10.9. The summed E-state index contributed by atoms with van der Waals surface area (Å²) in [7, 11) is -1.06. The highest BCUT2D eigenvalue weighted by Gasteiger charge is 2.21. The van der Waals surface area contributed by atoms with E-state index < -0.39 is 8.07 Å². The van der Waals surface area contributed by atoms with Crippen molar-refractivity contribution in [2.75, 3.05) is 6.54 Å². The number of halogens is 1. The molecule has 0 aliphatic heterocycles. The SMILES string of the molecule is CC(C)NCC(C[Si](C)(C)C)c1ccc(Cl)cc1. The Bertz CT molecular complexity index is 354. The molecule has 1 rings (SSSR count). The highest BCUT2D eigenvalue weighted by molar-refractivity contribution is 6.76. The zero-order valence-electron chi connectivity index (χ0n) is 12.3. The molecule has 3 heteroatoms. The Morgan fingerprint density at radius 3 is 2.11 bits per heavy atom. The molecular formula is C15H26ClNSi. The maximum absolute atomic E-state index is 5.97. The highest BCUT2D eigenvalue weighted by Crippen LogP contribution is 2.27. The molecule has 1 nitrogen and oxygen atoms in total. The molecule has 0 radical (unpaired) electrons. The molecule has 0 heterocycles. The van der Waals surface area contributed by atoms with E-state index in [9.17, 15) is 0 Å². The number of nitrogens with one attached hydrogen (secondary N) is 1. The van der Waals surface area contributed by atoms with Crippen LogP contribution in [0.4, 0.5) is 0 Å². The second-order valence-electron chi connectivity index (χ2n) is 6.58. The molecule has 0 amide bonds. The predicted octanol–water partition coefficient (Wildman–Crippen LogP) is 4.76. The molecule has 0 fully saturated rings. The third-order valence-electron chi connectivity index (χ3n) is 2.97. The van der Waals surface area contributed by atoms with Gasteiger partial charge in [0, 0.05) is 25.7 Å². The summed E-state index contributed by atoms with van der Waals surface area (Å²) in [5.41, 5.74) is 1.41. The van der Waals surface area contributed by atoms with Crippen molar-refractivity contribution in [3.05, 3.63) is 34.9 Å². The molecule has 0 saturated carbocycles. The van der Waals surface area contributed by atoms with Crippen molar-refractivity contribution in [1.82, 2.24) is 5.32 Å². The molecule has 0 spiro atoms. The Labute approximate surface area is 118 Å².